The van der Waals surface area contributed by atoms with Crippen LogP contribution in [0.25, 0.3) is 0 Å². The number of benzene rings is 1. The molecule has 1 aromatic carbocycles. The Hall–Kier alpha value is -1.95. The molecule has 0 aliphatic carbocycles. The summed E-state index contributed by atoms with van der Waals surface area (Å²) in [4.78, 5) is 21.9. The van der Waals surface area contributed by atoms with E-state index in [1.54, 1.807) is 6.92 Å². The van der Waals surface area contributed by atoms with Gasteiger partial charge in [0.1, 0.15) is 0 Å². The Labute approximate surface area is 106 Å². The number of non-ortho nitro benzene ring substituents is 1. The molecule has 0 radical (unpaired) electrons. The van der Waals surface area contributed by atoms with Gasteiger partial charge in [-0.05, 0) is 38.6 Å². The highest BCUT2D eigenvalue weighted by Gasteiger charge is 2.12. The summed E-state index contributed by atoms with van der Waals surface area (Å²) in [6.45, 7) is 3.10. The summed E-state index contributed by atoms with van der Waals surface area (Å²) >= 11 is 0. The number of amides is 1. The van der Waals surface area contributed by atoms with Gasteiger partial charge in [0.2, 0.25) is 0 Å². The summed E-state index contributed by atoms with van der Waals surface area (Å²) in [5.74, 6) is -0.196. The zero-order valence-corrected chi connectivity index (χ0v) is 10.5. The molecule has 0 aliphatic rings. The SMILES string of the molecule is CNCCCNC(=O)c1ccc([N+](=O)[O-])cc1C. The summed E-state index contributed by atoms with van der Waals surface area (Å²) < 4.78 is 0. The summed E-state index contributed by atoms with van der Waals surface area (Å²) in [7, 11) is 1.85. The van der Waals surface area contributed by atoms with Gasteiger partial charge in [-0.25, -0.2) is 0 Å². The van der Waals surface area contributed by atoms with Crippen LogP contribution in [0, 0.1) is 17.0 Å². The van der Waals surface area contributed by atoms with E-state index in [0.717, 1.165) is 13.0 Å². The maximum absolute atomic E-state index is 11.8. The predicted molar refractivity (Wildman–Crippen MR) is 68.7 cm³/mol. The second-order valence-electron chi connectivity index (χ2n) is 3.97. The lowest BCUT2D eigenvalue weighted by atomic mass is 10.1. The molecule has 6 heteroatoms. The molecule has 0 spiro atoms. The third-order valence-corrected chi connectivity index (χ3v) is 2.55. The molecule has 98 valence electrons. The number of aryl methyl sites for hydroxylation is 1. The van der Waals surface area contributed by atoms with Crippen LogP contribution in [-0.4, -0.2) is 31.0 Å². The van der Waals surface area contributed by atoms with Crippen LogP contribution < -0.4 is 10.6 Å². The van der Waals surface area contributed by atoms with Crippen molar-refractivity contribution in [1.29, 1.82) is 0 Å². The van der Waals surface area contributed by atoms with Gasteiger partial charge < -0.3 is 10.6 Å². The van der Waals surface area contributed by atoms with Gasteiger partial charge in [-0.2, -0.15) is 0 Å². The lowest BCUT2D eigenvalue weighted by Crippen LogP contribution is -2.27. The van der Waals surface area contributed by atoms with Gasteiger partial charge >= 0.3 is 0 Å². The number of carbonyl (C=O) groups is 1. The molecular weight excluding hydrogens is 234 g/mol. The van der Waals surface area contributed by atoms with Crippen molar-refractivity contribution in [3.63, 3.8) is 0 Å². The maximum atomic E-state index is 11.8. The first kappa shape index (κ1) is 14.1. The Morgan fingerprint density at radius 3 is 2.67 bits per heavy atom. The molecule has 0 aliphatic heterocycles. The van der Waals surface area contributed by atoms with Crippen LogP contribution in [0.2, 0.25) is 0 Å². The Bertz CT molecular complexity index is 446. The Morgan fingerprint density at radius 2 is 2.11 bits per heavy atom. The molecule has 0 saturated heterocycles. The molecular formula is C12H17N3O3. The first-order chi connectivity index (χ1) is 8.56. The molecule has 0 unspecified atom stereocenters. The summed E-state index contributed by atoms with van der Waals surface area (Å²) in [6, 6.07) is 4.24. The second kappa shape index (κ2) is 6.70. The van der Waals surface area contributed by atoms with Crippen LogP contribution in [0.15, 0.2) is 18.2 Å². The van der Waals surface area contributed by atoms with E-state index in [2.05, 4.69) is 10.6 Å². The first-order valence-electron chi connectivity index (χ1n) is 5.74. The predicted octanol–water partition coefficient (Wildman–Crippen LogP) is 1.24. The van der Waals surface area contributed by atoms with Crippen LogP contribution in [0.1, 0.15) is 22.3 Å². The van der Waals surface area contributed by atoms with Crippen molar-refractivity contribution in [2.75, 3.05) is 20.1 Å². The van der Waals surface area contributed by atoms with Crippen molar-refractivity contribution in [2.24, 2.45) is 0 Å². The lowest BCUT2D eigenvalue weighted by Gasteiger charge is -2.07. The number of carbonyl (C=O) groups excluding carboxylic acids is 1. The second-order valence-corrected chi connectivity index (χ2v) is 3.97. The molecule has 0 saturated carbocycles. The number of nitrogens with one attached hydrogen (secondary N) is 2. The van der Waals surface area contributed by atoms with Crippen molar-refractivity contribution >= 4 is 11.6 Å². The van der Waals surface area contributed by atoms with Gasteiger partial charge in [0.25, 0.3) is 11.6 Å². The van der Waals surface area contributed by atoms with Crippen molar-refractivity contribution in [1.82, 2.24) is 10.6 Å². The van der Waals surface area contributed by atoms with Gasteiger partial charge in [-0.1, -0.05) is 0 Å². The molecule has 0 bridgehead atoms. The molecule has 0 atom stereocenters. The molecule has 0 aromatic heterocycles. The Morgan fingerprint density at radius 1 is 1.39 bits per heavy atom. The Balaban J connectivity index is 2.66. The standard InChI is InChI=1S/C12H17N3O3/c1-9-8-10(15(17)18)4-5-11(9)12(16)14-7-3-6-13-2/h4-5,8,13H,3,6-7H2,1-2H3,(H,14,16). The first-order valence-corrected chi connectivity index (χ1v) is 5.74. The zero-order valence-electron chi connectivity index (χ0n) is 10.5. The molecule has 1 rings (SSSR count). The highest BCUT2D eigenvalue weighted by molar-refractivity contribution is 5.95. The summed E-state index contributed by atoms with van der Waals surface area (Å²) in [5, 5.41) is 16.3. The largest absolute Gasteiger partial charge is 0.352 e. The third kappa shape index (κ3) is 3.81. The molecule has 0 fully saturated rings. The third-order valence-electron chi connectivity index (χ3n) is 2.55. The zero-order chi connectivity index (χ0) is 13.5. The van der Waals surface area contributed by atoms with Crippen LogP contribution in [-0.2, 0) is 0 Å². The molecule has 2 N–H and O–H groups in total. The number of nitrogens with zero attached hydrogens (tertiary/aromatic N) is 1. The van der Waals surface area contributed by atoms with Crippen molar-refractivity contribution in [3.05, 3.63) is 39.4 Å². The quantitative estimate of drug-likeness (QED) is 0.452. The highest BCUT2D eigenvalue weighted by atomic mass is 16.6. The number of nitro groups is 1. The van der Waals surface area contributed by atoms with Crippen LogP contribution >= 0.6 is 0 Å². The molecule has 0 heterocycles. The van der Waals surface area contributed by atoms with E-state index >= 15 is 0 Å². The van der Waals surface area contributed by atoms with Gasteiger partial charge in [-0.3, -0.25) is 14.9 Å². The smallest absolute Gasteiger partial charge is 0.269 e. The van der Waals surface area contributed by atoms with Crippen molar-refractivity contribution < 1.29 is 9.72 Å². The van der Waals surface area contributed by atoms with Gasteiger partial charge in [0, 0.05) is 24.2 Å². The van der Waals surface area contributed by atoms with Crippen molar-refractivity contribution in [3.8, 4) is 0 Å². The maximum Gasteiger partial charge on any atom is 0.269 e. The Kier molecular flexibility index (Phi) is 5.26. The van der Waals surface area contributed by atoms with E-state index in [1.165, 1.54) is 18.2 Å². The van der Waals surface area contributed by atoms with Crippen LogP contribution in [0.3, 0.4) is 0 Å². The van der Waals surface area contributed by atoms with Crippen LogP contribution in [0.5, 0.6) is 0 Å². The minimum atomic E-state index is -0.471. The fourth-order valence-corrected chi connectivity index (χ4v) is 1.58. The summed E-state index contributed by atoms with van der Waals surface area (Å²) in [6.07, 6.45) is 0.842. The monoisotopic (exact) mass is 251 g/mol. The average molecular weight is 251 g/mol. The van der Waals surface area contributed by atoms with E-state index in [-0.39, 0.29) is 11.6 Å². The average Bonchev–Trinajstić information content (AvgIpc) is 2.34. The number of rotatable bonds is 6. The van der Waals surface area contributed by atoms with Gasteiger partial charge in [0.05, 0.1) is 4.92 Å². The fourth-order valence-electron chi connectivity index (χ4n) is 1.58. The molecule has 6 nitrogen and oxygen atoms in total. The number of hydrogen-bond donors (Lipinski definition) is 2. The molecule has 18 heavy (non-hydrogen) atoms. The topological polar surface area (TPSA) is 84.3 Å². The normalized spacial score (nSPS) is 10.1. The number of hydrogen-bond acceptors (Lipinski definition) is 4. The van der Waals surface area contributed by atoms with E-state index in [0.29, 0.717) is 17.7 Å². The van der Waals surface area contributed by atoms with E-state index in [9.17, 15) is 14.9 Å². The van der Waals surface area contributed by atoms with Gasteiger partial charge in [-0.15, -0.1) is 0 Å². The van der Waals surface area contributed by atoms with Crippen LogP contribution in [0.4, 0.5) is 5.69 Å². The summed E-state index contributed by atoms with van der Waals surface area (Å²) in [5.41, 5.74) is 1.08. The number of nitro benzene ring substituents is 1. The fraction of sp³-hybridized carbons (Fsp3) is 0.417. The van der Waals surface area contributed by atoms with Gasteiger partial charge in [0.15, 0.2) is 0 Å². The highest BCUT2D eigenvalue weighted by Crippen LogP contribution is 2.16. The minimum Gasteiger partial charge on any atom is -0.352 e. The minimum absolute atomic E-state index is 0.000710. The van der Waals surface area contributed by atoms with Crippen molar-refractivity contribution in [2.45, 2.75) is 13.3 Å². The van der Waals surface area contributed by atoms with E-state index < -0.39 is 4.92 Å². The van der Waals surface area contributed by atoms with E-state index in [1.807, 2.05) is 7.05 Å². The molecule has 1 amide bonds. The van der Waals surface area contributed by atoms with E-state index in [4.69, 9.17) is 0 Å². The molecule has 1 aromatic rings. The lowest BCUT2D eigenvalue weighted by molar-refractivity contribution is -0.384.